The van der Waals surface area contributed by atoms with Crippen LogP contribution in [0.3, 0.4) is 0 Å². The van der Waals surface area contributed by atoms with Crippen molar-refractivity contribution in [1.29, 1.82) is 0 Å². The normalized spacial score (nSPS) is 19.4. The molecule has 0 atom stereocenters. The molecule has 12 aromatic rings. The number of fused-ring (bicyclic) bond motifs is 13. The van der Waals surface area contributed by atoms with Crippen LogP contribution in [-0.4, -0.2) is 0 Å². The molecule has 0 radical (unpaired) electrons. The summed E-state index contributed by atoms with van der Waals surface area (Å²) in [5.41, 5.74) is 18.6. The highest BCUT2D eigenvalue weighted by molar-refractivity contribution is 6.20. The van der Waals surface area contributed by atoms with E-state index in [1.807, 2.05) is 0 Å². The van der Waals surface area contributed by atoms with Crippen LogP contribution in [0.1, 0.15) is 54.4 Å². The van der Waals surface area contributed by atoms with E-state index in [0.717, 1.165) is 78.5 Å². The van der Waals surface area contributed by atoms with Crippen molar-refractivity contribution in [1.82, 2.24) is 0 Å². The Labute approximate surface area is 418 Å². The van der Waals surface area contributed by atoms with Crippen molar-refractivity contribution >= 4 is 99.5 Å². The SMILES string of the molecule is Cc1ccccc1N(c1cc2c(c3ccccc13)-c1c(cc(N(c3ccccc3C)c3cccc4c3oc3ccccc34)c3ccccc13)C21C2CC3CC(C2)CC1C3)c1cccc2c1oc1ccccc12. The highest BCUT2D eigenvalue weighted by Gasteiger charge is 2.62. The number of anilines is 6. The lowest BCUT2D eigenvalue weighted by atomic mass is 9.43. The van der Waals surface area contributed by atoms with E-state index in [9.17, 15) is 0 Å². The minimum Gasteiger partial charge on any atom is -0.454 e. The van der Waals surface area contributed by atoms with Crippen molar-refractivity contribution in [2.75, 3.05) is 9.80 Å². The summed E-state index contributed by atoms with van der Waals surface area (Å²) >= 11 is 0. The largest absolute Gasteiger partial charge is 0.454 e. The number of hydrogen-bond acceptors (Lipinski definition) is 4. The fourth-order valence-electron chi connectivity index (χ4n) is 15.4. The molecule has 5 aliphatic carbocycles. The predicted octanol–water partition coefficient (Wildman–Crippen LogP) is 19.1. The van der Waals surface area contributed by atoms with Crippen LogP contribution in [0.2, 0.25) is 0 Å². The molecule has 10 aromatic carbocycles. The summed E-state index contributed by atoms with van der Waals surface area (Å²) in [6, 6.07) is 72.3. The maximum atomic E-state index is 6.95. The average Bonchev–Trinajstić information content (AvgIpc) is 4.08. The zero-order chi connectivity index (χ0) is 47.4. The van der Waals surface area contributed by atoms with Gasteiger partial charge in [0.05, 0.1) is 22.7 Å². The number of furan rings is 2. The Balaban J connectivity index is 1.03. The van der Waals surface area contributed by atoms with Gasteiger partial charge in [-0.3, -0.25) is 0 Å². The van der Waals surface area contributed by atoms with Crippen molar-refractivity contribution in [2.45, 2.75) is 51.4 Å². The van der Waals surface area contributed by atoms with E-state index in [2.05, 4.69) is 218 Å². The van der Waals surface area contributed by atoms with E-state index in [4.69, 9.17) is 8.83 Å². The quantitative estimate of drug-likeness (QED) is 0.166. The van der Waals surface area contributed by atoms with Gasteiger partial charge < -0.3 is 18.6 Å². The van der Waals surface area contributed by atoms with Crippen LogP contribution in [0.25, 0.3) is 76.5 Å². The minimum absolute atomic E-state index is 0.193. The number of para-hydroxylation sites is 6. The third-order valence-corrected chi connectivity index (χ3v) is 18.1. The summed E-state index contributed by atoms with van der Waals surface area (Å²) in [5.74, 6) is 2.61. The first kappa shape index (κ1) is 40.6. The van der Waals surface area contributed by atoms with Crippen molar-refractivity contribution in [3.63, 3.8) is 0 Å². The third-order valence-electron chi connectivity index (χ3n) is 18.1. The summed E-state index contributed by atoms with van der Waals surface area (Å²) in [4.78, 5) is 5.10. The molecule has 72 heavy (non-hydrogen) atoms. The Morgan fingerprint density at radius 2 is 0.708 bits per heavy atom. The van der Waals surface area contributed by atoms with Crippen LogP contribution >= 0.6 is 0 Å². The van der Waals surface area contributed by atoms with E-state index >= 15 is 0 Å². The number of rotatable bonds is 6. The summed E-state index contributed by atoms with van der Waals surface area (Å²) in [7, 11) is 0. The molecule has 4 nitrogen and oxygen atoms in total. The molecule has 4 fully saturated rings. The molecule has 0 aliphatic heterocycles. The molecule has 5 aliphatic rings. The lowest BCUT2D eigenvalue weighted by Crippen LogP contribution is -2.55. The first-order valence-corrected chi connectivity index (χ1v) is 26.2. The van der Waals surface area contributed by atoms with E-state index < -0.39 is 0 Å². The minimum atomic E-state index is -0.193. The summed E-state index contributed by atoms with van der Waals surface area (Å²) in [6.45, 7) is 4.51. The zero-order valence-electron chi connectivity index (χ0n) is 40.5. The average molecular weight is 929 g/mol. The zero-order valence-corrected chi connectivity index (χ0v) is 40.5. The van der Waals surface area contributed by atoms with Gasteiger partial charge in [-0.1, -0.05) is 146 Å². The van der Waals surface area contributed by atoms with Crippen molar-refractivity contribution < 1.29 is 8.83 Å². The molecule has 4 saturated carbocycles. The summed E-state index contributed by atoms with van der Waals surface area (Å²) < 4.78 is 13.9. The van der Waals surface area contributed by atoms with Crippen LogP contribution in [0.5, 0.6) is 0 Å². The molecule has 2 aromatic heterocycles. The fourth-order valence-corrected chi connectivity index (χ4v) is 15.4. The smallest absolute Gasteiger partial charge is 0.159 e. The Hall–Kier alpha value is -8.08. The summed E-state index contributed by atoms with van der Waals surface area (Å²) in [6.07, 6.45) is 6.48. The second-order valence-corrected chi connectivity index (χ2v) is 21.6. The molecule has 17 rings (SSSR count). The lowest BCUT2D eigenvalue weighted by molar-refractivity contribution is -0.0398. The van der Waals surface area contributed by atoms with Crippen LogP contribution in [0.4, 0.5) is 34.1 Å². The van der Waals surface area contributed by atoms with Crippen molar-refractivity contribution in [3.05, 3.63) is 216 Å². The Kier molecular flexibility index (Phi) is 8.45. The van der Waals surface area contributed by atoms with E-state index in [-0.39, 0.29) is 5.41 Å². The van der Waals surface area contributed by atoms with Gasteiger partial charge >= 0.3 is 0 Å². The molecule has 4 bridgehead atoms. The van der Waals surface area contributed by atoms with E-state index in [1.54, 1.807) is 0 Å². The maximum Gasteiger partial charge on any atom is 0.159 e. The van der Waals surface area contributed by atoms with E-state index in [1.165, 1.54) is 98.4 Å². The number of nitrogens with zero attached hydrogens (tertiary/aromatic N) is 2. The van der Waals surface area contributed by atoms with Gasteiger partial charge in [0.15, 0.2) is 11.2 Å². The van der Waals surface area contributed by atoms with Gasteiger partial charge in [0.25, 0.3) is 0 Å². The predicted molar refractivity (Wildman–Crippen MR) is 298 cm³/mol. The highest BCUT2D eigenvalue weighted by Crippen LogP contribution is 2.72. The van der Waals surface area contributed by atoms with Crippen LogP contribution < -0.4 is 9.80 Å². The maximum absolute atomic E-state index is 6.95. The van der Waals surface area contributed by atoms with Crippen molar-refractivity contribution in [3.8, 4) is 11.1 Å². The third kappa shape index (κ3) is 5.42. The summed E-state index contributed by atoms with van der Waals surface area (Å²) in [5, 5.41) is 9.65. The second kappa shape index (κ2) is 15.0. The van der Waals surface area contributed by atoms with Crippen LogP contribution in [-0.2, 0) is 5.41 Å². The molecule has 4 heteroatoms. The molecule has 0 saturated heterocycles. The molecule has 0 N–H and O–H groups in total. The van der Waals surface area contributed by atoms with Gasteiger partial charge in [0, 0.05) is 49.1 Å². The van der Waals surface area contributed by atoms with Crippen LogP contribution in [0.15, 0.2) is 203 Å². The first-order chi connectivity index (χ1) is 35.5. The van der Waals surface area contributed by atoms with Crippen molar-refractivity contribution in [2.24, 2.45) is 23.7 Å². The van der Waals surface area contributed by atoms with Gasteiger partial charge in [0.1, 0.15) is 11.2 Å². The standard InChI is InChI=1S/C68H52N2O2/c1-40-17-3-11-27-56(40)69(58-29-15-25-52-48-21-9-13-31-62(48)71-66(52)58)60-38-54-64(50-23-7-5-19-46(50)60)65-51-24-8-6-20-47(51)61(39-55(65)68(54)44-34-42-33-43(36-44)37-45(68)35-42)70(57-28-12-4-18-41(57)2)59-30-16-26-53-49-22-10-14-32-63(49)72-67(53)59/h3-32,38-39,42-45H,33-37H2,1-2H3. The Morgan fingerprint density at radius 1 is 0.347 bits per heavy atom. The molecular weight excluding hydrogens is 877 g/mol. The molecule has 346 valence electrons. The number of benzene rings is 10. The monoisotopic (exact) mass is 928 g/mol. The lowest BCUT2D eigenvalue weighted by Gasteiger charge is -2.61. The first-order valence-electron chi connectivity index (χ1n) is 26.2. The second-order valence-electron chi connectivity index (χ2n) is 21.6. The molecule has 0 amide bonds. The Bertz CT molecular complexity index is 3970. The van der Waals surface area contributed by atoms with Gasteiger partial charge in [-0.15, -0.1) is 0 Å². The fraction of sp³-hybridized carbons (Fsp3) is 0.176. The van der Waals surface area contributed by atoms with E-state index in [0.29, 0.717) is 11.8 Å². The molecule has 2 heterocycles. The number of hydrogen-bond donors (Lipinski definition) is 0. The van der Waals surface area contributed by atoms with Gasteiger partial charge in [-0.2, -0.15) is 0 Å². The van der Waals surface area contributed by atoms with Gasteiger partial charge in [0.2, 0.25) is 0 Å². The highest BCUT2D eigenvalue weighted by atomic mass is 16.3. The van der Waals surface area contributed by atoms with Gasteiger partial charge in [-0.05, 0) is 162 Å². The topological polar surface area (TPSA) is 32.8 Å². The Morgan fingerprint density at radius 3 is 1.15 bits per heavy atom. The number of aryl methyl sites for hydroxylation is 2. The molecule has 1 spiro atoms. The van der Waals surface area contributed by atoms with Gasteiger partial charge in [-0.25, -0.2) is 0 Å². The molecular formula is C68H52N2O2. The van der Waals surface area contributed by atoms with Crippen LogP contribution in [0, 0.1) is 37.5 Å². The molecule has 0 unspecified atom stereocenters.